The first-order valence-corrected chi connectivity index (χ1v) is 15.2. The summed E-state index contributed by atoms with van der Waals surface area (Å²) in [6, 6.07) is 17.9. The van der Waals surface area contributed by atoms with Gasteiger partial charge in [-0.2, -0.15) is 13.2 Å². The molecule has 0 unspecified atom stereocenters. The van der Waals surface area contributed by atoms with Crippen LogP contribution in [0.3, 0.4) is 0 Å². The lowest BCUT2D eigenvalue weighted by molar-refractivity contribution is -0.122. The van der Waals surface area contributed by atoms with E-state index in [1.807, 2.05) is 10.6 Å². The van der Waals surface area contributed by atoms with Crippen molar-refractivity contribution in [3.8, 4) is 33.8 Å². The number of anilines is 1. The number of imidazole rings is 2. The van der Waals surface area contributed by atoms with Gasteiger partial charge in [0, 0.05) is 34.8 Å². The third-order valence-corrected chi connectivity index (χ3v) is 7.69. The molecule has 0 aliphatic carbocycles. The lowest BCUT2D eigenvalue weighted by Crippen LogP contribution is -2.36. The number of amides is 2. The number of aromatic nitrogens is 6. The largest absolute Gasteiger partial charge is 0.405 e. The molecule has 3 aromatic carbocycles. The van der Waals surface area contributed by atoms with Crippen LogP contribution < -0.4 is 10.6 Å². The highest BCUT2D eigenvalue weighted by Crippen LogP contribution is 2.26. The van der Waals surface area contributed by atoms with Gasteiger partial charge in [-0.3, -0.25) is 18.8 Å². The average molecular weight is 768 g/mol. The number of urea groups is 1. The van der Waals surface area contributed by atoms with Crippen LogP contribution in [0, 0.1) is 15.3 Å². The summed E-state index contributed by atoms with van der Waals surface area (Å²) in [7, 11) is 0. The minimum atomic E-state index is -4.49. The number of fused-ring (bicyclic) bond motifs is 2. The molecule has 0 bridgehead atoms. The molecule has 15 heteroatoms. The summed E-state index contributed by atoms with van der Waals surface area (Å²) < 4.78 is 67.5. The maximum Gasteiger partial charge on any atom is 0.405 e. The van der Waals surface area contributed by atoms with E-state index in [1.165, 1.54) is 24.3 Å². The zero-order valence-corrected chi connectivity index (χ0v) is 26.6. The van der Waals surface area contributed by atoms with E-state index in [4.69, 9.17) is 0 Å². The van der Waals surface area contributed by atoms with Crippen molar-refractivity contribution < 1.29 is 26.7 Å². The Balaban J connectivity index is 0.000000198. The first-order valence-electron chi connectivity index (χ1n) is 14.1. The first-order chi connectivity index (χ1) is 23.0. The van der Waals surface area contributed by atoms with E-state index in [9.17, 15) is 26.7 Å². The molecule has 0 saturated carbocycles. The Labute approximate surface area is 282 Å². The van der Waals surface area contributed by atoms with Gasteiger partial charge in [0.2, 0.25) is 0 Å². The van der Waals surface area contributed by atoms with Crippen LogP contribution in [-0.4, -0.2) is 47.5 Å². The molecule has 2 amide bonds. The lowest BCUT2D eigenvalue weighted by Gasteiger charge is -2.11. The van der Waals surface area contributed by atoms with E-state index in [1.54, 1.807) is 89.2 Å². The fourth-order valence-electron chi connectivity index (χ4n) is 4.61. The Kier molecular flexibility index (Phi) is 9.29. The molecular formula is C33H22F5IN8O. The molecule has 0 saturated heterocycles. The number of benzene rings is 3. The number of carbonyl (C=O) groups excluding carboxylic acids is 1. The SMILES string of the molecule is Fc1ccc(-c2cn3c(I)cnc3cn2)cc1.O=C(NCC(F)(F)F)Nc1cccc(-c2cnc3cnc(-c4ccc(F)cc4)cn23)c1. The van der Waals surface area contributed by atoms with Gasteiger partial charge in [-0.15, -0.1) is 0 Å². The number of hydrogen-bond donors (Lipinski definition) is 2. The van der Waals surface area contributed by atoms with Crippen LogP contribution in [0.2, 0.25) is 0 Å². The number of halogens is 6. The van der Waals surface area contributed by atoms with E-state index in [-0.39, 0.29) is 11.6 Å². The summed E-state index contributed by atoms with van der Waals surface area (Å²) in [6.07, 6.45) is 5.85. The summed E-state index contributed by atoms with van der Waals surface area (Å²) >= 11 is 2.21. The molecule has 9 nitrogen and oxygen atoms in total. The molecule has 0 atom stereocenters. The fourth-order valence-corrected chi connectivity index (χ4v) is 5.14. The molecule has 7 aromatic rings. The van der Waals surface area contributed by atoms with Gasteiger partial charge >= 0.3 is 12.2 Å². The normalized spacial score (nSPS) is 11.3. The van der Waals surface area contributed by atoms with Crippen LogP contribution in [0.1, 0.15) is 0 Å². The van der Waals surface area contributed by atoms with Crippen LogP contribution in [0.4, 0.5) is 32.4 Å². The monoisotopic (exact) mass is 768 g/mol. The van der Waals surface area contributed by atoms with Gasteiger partial charge in [0.1, 0.15) is 21.9 Å². The molecule has 0 spiro atoms. The van der Waals surface area contributed by atoms with Crippen LogP contribution in [0.15, 0.2) is 110 Å². The van der Waals surface area contributed by atoms with Crippen molar-refractivity contribution in [3.63, 3.8) is 0 Å². The van der Waals surface area contributed by atoms with Gasteiger partial charge in [0.15, 0.2) is 11.3 Å². The summed E-state index contributed by atoms with van der Waals surface area (Å²) in [5.74, 6) is -0.594. The Morgan fingerprint density at radius 3 is 1.88 bits per heavy atom. The highest BCUT2D eigenvalue weighted by Gasteiger charge is 2.27. The molecule has 0 aliphatic heterocycles. The van der Waals surface area contributed by atoms with E-state index in [2.05, 4.69) is 47.8 Å². The van der Waals surface area contributed by atoms with Gasteiger partial charge in [-0.1, -0.05) is 12.1 Å². The van der Waals surface area contributed by atoms with Crippen molar-refractivity contribution in [3.05, 3.63) is 125 Å². The summed E-state index contributed by atoms with van der Waals surface area (Å²) in [5.41, 5.74) is 6.07. The van der Waals surface area contributed by atoms with Crippen LogP contribution in [0.5, 0.6) is 0 Å². The minimum absolute atomic E-state index is 0.243. The van der Waals surface area contributed by atoms with Crippen molar-refractivity contribution in [1.82, 2.24) is 34.1 Å². The zero-order chi connectivity index (χ0) is 33.8. The van der Waals surface area contributed by atoms with Crippen molar-refractivity contribution in [1.29, 1.82) is 0 Å². The van der Waals surface area contributed by atoms with Gasteiger partial charge in [-0.25, -0.2) is 23.5 Å². The van der Waals surface area contributed by atoms with E-state index in [0.717, 1.165) is 26.2 Å². The third-order valence-electron chi connectivity index (χ3n) is 6.89. The average Bonchev–Trinajstić information content (AvgIpc) is 3.67. The van der Waals surface area contributed by atoms with Crippen molar-refractivity contribution in [2.45, 2.75) is 6.18 Å². The zero-order valence-electron chi connectivity index (χ0n) is 24.5. The predicted octanol–water partition coefficient (Wildman–Crippen LogP) is 8.03. The van der Waals surface area contributed by atoms with Gasteiger partial charge in [0.25, 0.3) is 0 Å². The quantitative estimate of drug-likeness (QED) is 0.137. The summed E-state index contributed by atoms with van der Waals surface area (Å²) in [6.45, 7) is -1.43. The molecule has 7 rings (SSSR count). The molecule has 4 heterocycles. The molecule has 4 aromatic heterocycles. The van der Waals surface area contributed by atoms with Gasteiger partial charge in [-0.05, 0) is 83.3 Å². The number of carbonyl (C=O) groups is 1. The minimum Gasteiger partial charge on any atom is -0.329 e. The maximum atomic E-state index is 13.2. The summed E-state index contributed by atoms with van der Waals surface area (Å²) in [5, 5.41) is 4.14. The Bertz CT molecular complexity index is 2220. The second kappa shape index (κ2) is 13.7. The van der Waals surface area contributed by atoms with Crippen molar-refractivity contribution in [2.24, 2.45) is 0 Å². The number of hydrogen-bond acceptors (Lipinski definition) is 5. The second-order valence-electron chi connectivity index (χ2n) is 10.2. The maximum absolute atomic E-state index is 13.2. The third kappa shape index (κ3) is 7.74. The fraction of sp³-hybridized carbons (Fsp3) is 0.0606. The molecule has 0 fully saturated rings. The number of nitrogens with one attached hydrogen (secondary N) is 2. The number of rotatable bonds is 5. The highest BCUT2D eigenvalue weighted by molar-refractivity contribution is 14.1. The standard InChI is InChI=1S/C21H15F4N5O.C12H7FIN3/c22-15-6-4-13(5-7-15)17-11-30-18(9-27-19(30)10-26-17)14-2-1-3-16(8-14)29-20(31)28-12-21(23,24)25;13-9-3-1-8(2-4-9)10-7-17-11(14)5-16-12(17)6-15-10/h1-11H,12H2,(H2,28,29,31);1-7H. The Morgan fingerprint density at radius 2 is 1.27 bits per heavy atom. The van der Waals surface area contributed by atoms with Crippen LogP contribution >= 0.6 is 22.6 Å². The number of alkyl halides is 3. The van der Waals surface area contributed by atoms with Crippen LogP contribution in [-0.2, 0) is 0 Å². The topological polar surface area (TPSA) is 102 Å². The molecule has 2 N–H and O–H groups in total. The van der Waals surface area contributed by atoms with Crippen molar-refractivity contribution in [2.75, 3.05) is 11.9 Å². The smallest absolute Gasteiger partial charge is 0.329 e. The molecular weight excluding hydrogens is 746 g/mol. The van der Waals surface area contributed by atoms with Crippen molar-refractivity contribution >= 4 is 45.6 Å². The highest BCUT2D eigenvalue weighted by atomic mass is 127. The van der Waals surface area contributed by atoms with E-state index < -0.39 is 18.8 Å². The molecule has 242 valence electrons. The number of nitrogens with zero attached hydrogens (tertiary/aromatic N) is 6. The summed E-state index contributed by atoms with van der Waals surface area (Å²) in [4.78, 5) is 28.9. The van der Waals surface area contributed by atoms with Crippen LogP contribution in [0.25, 0.3) is 45.1 Å². The Morgan fingerprint density at radius 1 is 0.708 bits per heavy atom. The molecule has 0 radical (unpaired) electrons. The van der Waals surface area contributed by atoms with E-state index >= 15 is 0 Å². The van der Waals surface area contributed by atoms with Gasteiger partial charge < -0.3 is 10.6 Å². The molecule has 48 heavy (non-hydrogen) atoms. The Hall–Kier alpha value is -5.45. The predicted molar refractivity (Wildman–Crippen MR) is 178 cm³/mol. The lowest BCUT2D eigenvalue weighted by atomic mass is 10.1. The second-order valence-corrected chi connectivity index (χ2v) is 11.3. The van der Waals surface area contributed by atoms with E-state index in [0.29, 0.717) is 28.3 Å². The molecule has 0 aliphatic rings. The first kappa shape index (κ1) is 32.5. The van der Waals surface area contributed by atoms with Gasteiger partial charge in [0.05, 0.1) is 41.9 Å².